The van der Waals surface area contributed by atoms with E-state index in [4.69, 9.17) is 0 Å². The highest BCUT2D eigenvalue weighted by molar-refractivity contribution is 5.95. The number of aryl methyl sites for hydroxylation is 1. The van der Waals surface area contributed by atoms with Gasteiger partial charge in [-0.15, -0.1) is 0 Å². The number of para-hydroxylation sites is 1. The number of hydrogen-bond donors (Lipinski definition) is 1. The predicted octanol–water partition coefficient (Wildman–Crippen LogP) is 4.28. The van der Waals surface area contributed by atoms with Crippen LogP contribution in [0.25, 0.3) is 0 Å². The summed E-state index contributed by atoms with van der Waals surface area (Å²) in [4.78, 5) is 14.7. The summed E-state index contributed by atoms with van der Waals surface area (Å²) >= 11 is 0. The van der Waals surface area contributed by atoms with E-state index in [2.05, 4.69) is 27.6 Å². The van der Waals surface area contributed by atoms with Crippen molar-refractivity contribution in [3.63, 3.8) is 0 Å². The smallest absolute Gasteiger partial charge is 0.271 e. The van der Waals surface area contributed by atoms with E-state index in [0.717, 1.165) is 18.7 Å². The molecule has 4 rings (SSSR count). The molecule has 3 aromatic carbocycles. The van der Waals surface area contributed by atoms with E-state index in [-0.39, 0.29) is 5.91 Å². The second kappa shape index (κ2) is 7.46. The molecule has 1 amide bonds. The maximum atomic E-state index is 12.4. The van der Waals surface area contributed by atoms with Crippen molar-refractivity contribution in [1.29, 1.82) is 0 Å². The first-order valence-electron chi connectivity index (χ1n) is 9.01. The van der Waals surface area contributed by atoms with Gasteiger partial charge >= 0.3 is 0 Å². The topological polar surface area (TPSA) is 44.7 Å². The van der Waals surface area contributed by atoms with Gasteiger partial charge in [-0.1, -0.05) is 54.1 Å². The van der Waals surface area contributed by atoms with Crippen LogP contribution in [0.5, 0.6) is 0 Å². The Bertz CT molecular complexity index is 978. The highest BCUT2D eigenvalue weighted by Crippen LogP contribution is 2.28. The number of hydrazone groups is 1. The lowest BCUT2D eigenvalue weighted by Gasteiger charge is -2.17. The molecule has 1 heterocycles. The van der Waals surface area contributed by atoms with E-state index in [9.17, 15) is 4.79 Å². The van der Waals surface area contributed by atoms with Crippen molar-refractivity contribution in [2.75, 3.05) is 4.90 Å². The molecule has 0 spiro atoms. The number of carbonyl (C=O) groups is 1. The molecule has 27 heavy (non-hydrogen) atoms. The van der Waals surface area contributed by atoms with Crippen molar-refractivity contribution in [2.45, 2.75) is 20.0 Å². The van der Waals surface area contributed by atoms with E-state index < -0.39 is 0 Å². The van der Waals surface area contributed by atoms with Crippen LogP contribution in [-0.4, -0.2) is 12.1 Å². The Balaban J connectivity index is 1.42. The summed E-state index contributed by atoms with van der Waals surface area (Å²) < 4.78 is 0. The fourth-order valence-electron chi connectivity index (χ4n) is 3.24. The number of rotatable bonds is 4. The van der Waals surface area contributed by atoms with Crippen molar-refractivity contribution in [1.82, 2.24) is 5.43 Å². The molecule has 0 unspecified atom stereocenters. The Kier molecular flexibility index (Phi) is 4.71. The second-order valence-corrected chi connectivity index (χ2v) is 6.78. The number of carbonyl (C=O) groups excluding carboxylic acids is 1. The first kappa shape index (κ1) is 17.0. The minimum absolute atomic E-state index is 0.195. The molecule has 0 saturated carbocycles. The molecule has 1 aliphatic rings. The van der Waals surface area contributed by atoms with Gasteiger partial charge in [-0.3, -0.25) is 4.79 Å². The van der Waals surface area contributed by atoms with E-state index in [0.29, 0.717) is 5.56 Å². The Labute approximate surface area is 159 Å². The fourth-order valence-corrected chi connectivity index (χ4v) is 3.24. The third kappa shape index (κ3) is 3.90. The number of fused-ring (bicyclic) bond motifs is 1. The zero-order valence-electron chi connectivity index (χ0n) is 15.2. The van der Waals surface area contributed by atoms with Gasteiger partial charge in [0.05, 0.1) is 6.21 Å². The van der Waals surface area contributed by atoms with Crippen LogP contribution in [0, 0.1) is 6.92 Å². The van der Waals surface area contributed by atoms with Crippen LogP contribution < -0.4 is 10.3 Å². The molecule has 0 aromatic heterocycles. The monoisotopic (exact) mass is 355 g/mol. The van der Waals surface area contributed by atoms with E-state index in [1.54, 1.807) is 6.21 Å². The number of nitrogens with one attached hydrogen (secondary N) is 1. The molecule has 0 aliphatic carbocycles. The normalized spacial score (nSPS) is 13.0. The van der Waals surface area contributed by atoms with Crippen LogP contribution >= 0.6 is 0 Å². The molecule has 4 heteroatoms. The molecule has 134 valence electrons. The van der Waals surface area contributed by atoms with Crippen LogP contribution in [0.15, 0.2) is 77.9 Å². The van der Waals surface area contributed by atoms with Crippen molar-refractivity contribution in [3.8, 4) is 0 Å². The van der Waals surface area contributed by atoms with E-state index in [1.807, 2.05) is 67.6 Å². The average Bonchev–Trinajstić information content (AvgIpc) is 3.13. The number of amides is 1. The Hall–Kier alpha value is -3.40. The summed E-state index contributed by atoms with van der Waals surface area (Å²) in [6.07, 6.45) is 1.65. The van der Waals surface area contributed by atoms with Gasteiger partial charge in [-0.05, 0) is 47.9 Å². The fraction of sp³-hybridized carbons (Fsp3) is 0.130. The maximum absolute atomic E-state index is 12.4. The van der Waals surface area contributed by atoms with E-state index >= 15 is 0 Å². The molecule has 0 atom stereocenters. The summed E-state index contributed by atoms with van der Waals surface area (Å²) in [5, 5.41) is 4.07. The standard InChI is InChI=1S/C23H21N3O/c1-17-7-9-18(10-8-17)14-24-25-23(27)19-11-12-20-15-26(16-21(20)13-19)22-5-3-2-4-6-22/h2-14H,15-16H2,1H3,(H,25,27)/b24-14+. The summed E-state index contributed by atoms with van der Waals surface area (Å²) in [5.74, 6) is -0.195. The number of hydrogen-bond acceptors (Lipinski definition) is 3. The van der Waals surface area contributed by atoms with Crippen molar-refractivity contribution in [3.05, 3.63) is 101 Å². The Morgan fingerprint density at radius 1 is 0.963 bits per heavy atom. The van der Waals surface area contributed by atoms with Gasteiger partial charge in [0.2, 0.25) is 0 Å². The summed E-state index contributed by atoms with van der Waals surface area (Å²) in [6, 6.07) is 24.2. The van der Waals surface area contributed by atoms with Gasteiger partial charge < -0.3 is 4.90 Å². The molecular weight excluding hydrogens is 334 g/mol. The highest BCUT2D eigenvalue weighted by Gasteiger charge is 2.20. The molecule has 3 aromatic rings. The first-order chi connectivity index (χ1) is 13.2. The number of nitrogens with zero attached hydrogens (tertiary/aromatic N) is 2. The lowest BCUT2D eigenvalue weighted by atomic mass is 10.1. The van der Waals surface area contributed by atoms with Crippen molar-refractivity contribution in [2.24, 2.45) is 5.10 Å². The molecule has 1 N–H and O–H groups in total. The van der Waals surface area contributed by atoms with Gasteiger partial charge in [0.1, 0.15) is 0 Å². The van der Waals surface area contributed by atoms with Crippen LogP contribution in [0.2, 0.25) is 0 Å². The Morgan fingerprint density at radius 2 is 1.70 bits per heavy atom. The van der Waals surface area contributed by atoms with Crippen LogP contribution in [0.1, 0.15) is 32.6 Å². The van der Waals surface area contributed by atoms with Crippen LogP contribution in [-0.2, 0) is 13.1 Å². The van der Waals surface area contributed by atoms with Crippen molar-refractivity contribution < 1.29 is 4.79 Å². The summed E-state index contributed by atoms with van der Waals surface area (Å²) in [5.41, 5.74) is 9.04. The lowest BCUT2D eigenvalue weighted by Crippen LogP contribution is -2.17. The summed E-state index contributed by atoms with van der Waals surface area (Å²) in [7, 11) is 0. The van der Waals surface area contributed by atoms with Gasteiger partial charge in [0.25, 0.3) is 5.91 Å². The lowest BCUT2D eigenvalue weighted by molar-refractivity contribution is 0.0955. The summed E-state index contributed by atoms with van der Waals surface area (Å²) in [6.45, 7) is 3.72. The second-order valence-electron chi connectivity index (χ2n) is 6.78. The zero-order chi connectivity index (χ0) is 18.6. The third-order valence-corrected chi connectivity index (χ3v) is 4.77. The molecule has 1 aliphatic heterocycles. The van der Waals surface area contributed by atoms with Gasteiger partial charge in [0, 0.05) is 24.3 Å². The minimum Gasteiger partial charge on any atom is -0.363 e. The van der Waals surface area contributed by atoms with Gasteiger partial charge in [-0.25, -0.2) is 5.43 Å². The molecule has 0 bridgehead atoms. The number of anilines is 1. The number of benzene rings is 3. The maximum Gasteiger partial charge on any atom is 0.271 e. The molecule has 4 nitrogen and oxygen atoms in total. The zero-order valence-corrected chi connectivity index (χ0v) is 15.2. The molecule has 0 radical (unpaired) electrons. The molecule has 0 saturated heterocycles. The predicted molar refractivity (Wildman–Crippen MR) is 109 cm³/mol. The van der Waals surface area contributed by atoms with Gasteiger partial charge in [0.15, 0.2) is 0 Å². The van der Waals surface area contributed by atoms with Gasteiger partial charge in [-0.2, -0.15) is 5.10 Å². The molecule has 0 fully saturated rings. The Morgan fingerprint density at radius 3 is 2.48 bits per heavy atom. The average molecular weight is 355 g/mol. The van der Waals surface area contributed by atoms with Crippen LogP contribution in [0.3, 0.4) is 0 Å². The highest BCUT2D eigenvalue weighted by atomic mass is 16.2. The van der Waals surface area contributed by atoms with Crippen LogP contribution in [0.4, 0.5) is 5.69 Å². The quantitative estimate of drug-likeness (QED) is 0.561. The third-order valence-electron chi connectivity index (χ3n) is 4.77. The van der Waals surface area contributed by atoms with Crippen molar-refractivity contribution >= 4 is 17.8 Å². The largest absolute Gasteiger partial charge is 0.363 e. The molecular formula is C23H21N3O. The van der Waals surface area contributed by atoms with E-state index in [1.165, 1.54) is 22.4 Å². The minimum atomic E-state index is -0.195. The SMILES string of the molecule is Cc1ccc(/C=N/NC(=O)c2ccc3c(c2)CN(c2ccccc2)C3)cc1. The first-order valence-corrected chi connectivity index (χ1v) is 9.01.